The molecule has 1 atom stereocenters. The Balaban J connectivity index is 1.66. The Morgan fingerprint density at radius 2 is 2.24 bits per heavy atom. The van der Waals surface area contributed by atoms with Gasteiger partial charge in [-0.2, -0.15) is 0 Å². The summed E-state index contributed by atoms with van der Waals surface area (Å²) in [4.78, 5) is 14.0. The monoisotopic (exact) mass is 287 g/mol. The fraction of sp³-hybridized carbons (Fsp3) is 0.471. The number of hydrogen-bond donors (Lipinski definition) is 0. The van der Waals surface area contributed by atoms with E-state index in [1.807, 2.05) is 18.2 Å². The van der Waals surface area contributed by atoms with Crippen LogP contribution in [0.3, 0.4) is 0 Å². The Bertz CT molecular complexity index is 664. The summed E-state index contributed by atoms with van der Waals surface area (Å²) < 4.78 is 11.0. The average Bonchev–Trinajstić information content (AvgIpc) is 2.47. The largest absolute Gasteiger partial charge is 0.491 e. The Labute approximate surface area is 124 Å². The van der Waals surface area contributed by atoms with Crippen LogP contribution in [0.4, 0.5) is 0 Å². The second-order valence-electron chi connectivity index (χ2n) is 5.82. The number of ether oxygens (including phenoxy) is 1. The number of fused-ring (bicyclic) bond motifs is 1. The molecule has 1 aromatic heterocycles. The van der Waals surface area contributed by atoms with Crippen LogP contribution in [0.15, 0.2) is 39.5 Å². The quantitative estimate of drug-likeness (QED) is 0.811. The fourth-order valence-corrected chi connectivity index (χ4v) is 2.98. The van der Waals surface area contributed by atoms with Gasteiger partial charge in [-0.15, -0.1) is 0 Å². The minimum atomic E-state index is -0.365. The molecule has 2 aromatic rings. The molecule has 1 fully saturated rings. The number of nitrogens with zero attached hydrogens (tertiary/aromatic N) is 1. The van der Waals surface area contributed by atoms with Crippen LogP contribution in [0.1, 0.15) is 19.8 Å². The summed E-state index contributed by atoms with van der Waals surface area (Å²) in [6.45, 7) is 6.08. The third kappa shape index (κ3) is 3.45. The second kappa shape index (κ2) is 6.31. The van der Waals surface area contributed by atoms with Crippen molar-refractivity contribution in [1.82, 2.24) is 4.90 Å². The van der Waals surface area contributed by atoms with E-state index in [9.17, 15) is 4.79 Å². The molecule has 4 heteroatoms. The van der Waals surface area contributed by atoms with Crippen molar-refractivity contribution in [2.75, 3.05) is 26.2 Å². The first kappa shape index (κ1) is 14.1. The maximum absolute atomic E-state index is 11.6. The van der Waals surface area contributed by atoms with Gasteiger partial charge in [-0.1, -0.05) is 19.1 Å². The number of piperidine rings is 1. The van der Waals surface area contributed by atoms with Crippen LogP contribution in [-0.2, 0) is 0 Å². The van der Waals surface area contributed by atoms with Gasteiger partial charge in [-0.25, -0.2) is 4.79 Å². The van der Waals surface area contributed by atoms with Crippen molar-refractivity contribution in [3.63, 3.8) is 0 Å². The van der Waals surface area contributed by atoms with Gasteiger partial charge in [-0.3, -0.25) is 4.90 Å². The lowest BCUT2D eigenvalue weighted by atomic mass is 10.0. The highest BCUT2D eigenvalue weighted by Gasteiger charge is 2.16. The van der Waals surface area contributed by atoms with Crippen LogP contribution in [0, 0.1) is 5.92 Å². The van der Waals surface area contributed by atoms with Gasteiger partial charge in [0.15, 0.2) is 0 Å². The van der Waals surface area contributed by atoms with E-state index in [2.05, 4.69) is 11.8 Å². The van der Waals surface area contributed by atoms with Gasteiger partial charge in [0, 0.05) is 13.1 Å². The summed E-state index contributed by atoms with van der Waals surface area (Å²) in [6.07, 6.45) is 2.58. The van der Waals surface area contributed by atoms with Crippen LogP contribution in [-0.4, -0.2) is 31.1 Å². The Morgan fingerprint density at radius 3 is 3.10 bits per heavy atom. The van der Waals surface area contributed by atoms with E-state index < -0.39 is 0 Å². The summed E-state index contributed by atoms with van der Waals surface area (Å²) >= 11 is 0. The molecule has 112 valence electrons. The van der Waals surface area contributed by atoms with E-state index in [0.717, 1.165) is 30.9 Å². The summed E-state index contributed by atoms with van der Waals surface area (Å²) in [6, 6.07) is 8.90. The van der Waals surface area contributed by atoms with Gasteiger partial charge < -0.3 is 9.15 Å². The van der Waals surface area contributed by atoms with Gasteiger partial charge >= 0.3 is 5.63 Å². The predicted octanol–water partition coefficient (Wildman–Crippen LogP) is 2.90. The first-order chi connectivity index (χ1) is 10.2. The van der Waals surface area contributed by atoms with Crippen LogP contribution in [0.2, 0.25) is 0 Å². The maximum Gasteiger partial charge on any atom is 0.339 e. The normalized spacial score (nSPS) is 19.8. The standard InChI is InChI=1S/C17H21NO3/c1-13-5-4-8-18(12-13)9-10-20-16-11-17(19)21-15-7-3-2-6-14(15)16/h2-3,6-7,11,13H,4-5,8-10,12H2,1H3. The predicted molar refractivity (Wildman–Crippen MR) is 82.8 cm³/mol. The zero-order valence-corrected chi connectivity index (χ0v) is 12.4. The van der Waals surface area contributed by atoms with E-state index in [4.69, 9.17) is 9.15 Å². The molecule has 1 saturated heterocycles. The Morgan fingerprint density at radius 1 is 1.38 bits per heavy atom. The third-order valence-corrected chi connectivity index (χ3v) is 4.02. The van der Waals surface area contributed by atoms with Gasteiger partial charge in [0.25, 0.3) is 0 Å². The average molecular weight is 287 g/mol. The molecule has 1 aliphatic heterocycles. The van der Waals surface area contributed by atoms with Crippen molar-refractivity contribution in [3.05, 3.63) is 40.8 Å². The van der Waals surface area contributed by atoms with Crippen LogP contribution >= 0.6 is 0 Å². The second-order valence-corrected chi connectivity index (χ2v) is 5.82. The van der Waals surface area contributed by atoms with Crippen LogP contribution in [0.5, 0.6) is 5.75 Å². The van der Waals surface area contributed by atoms with Crippen molar-refractivity contribution < 1.29 is 9.15 Å². The SMILES string of the molecule is CC1CCCN(CCOc2cc(=O)oc3ccccc23)C1. The molecule has 1 aliphatic rings. The molecule has 0 bridgehead atoms. The summed E-state index contributed by atoms with van der Waals surface area (Å²) in [7, 11) is 0. The van der Waals surface area contributed by atoms with E-state index in [1.54, 1.807) is 6.07 Å². The first-order valence-electron chi connectivity index (χ1n) is 7.60. The van der Waals surface area contributed by atoms with Gasteiger partial charge in [-0.05, 0) is 37.4 Å². The third-order valence-electron chi connectivity index (χ3n) is 4.02. The lowest BCUT2D eigenvalue weighted by Gasteiger charge is -2.30. The van der Waals surface area contributed by atoms with Crippen molar-refractivity contribution >= 4 is 11.0 Å². The molecule has 1 unspecified atom stereocenters. The van der Waals surface area contributed by atoms with Crippen molar-refractivity contribution in [1.29, 1.82) is 0 Å². The molecule has 0 radical (unpaired) electrons. The van der Waals surface area contributed by atoms with Gasteiger partial charge in [0.1, 0.15) is 17.9 Å². The molecular formula is C17H21NO3. The highest BCUT2D eigenvalue weighted by atomic mass is 16.5. The topological polar surface area (TPSA) is 42.7 Å². The zero-order chi connectivity index (χ0) is 14.7. The summed E-state index contributed by atoms with van der Waals surface area (Å²) in [5.74, 6) is 1.38. The first-order valence-corrected chi connectivity index (χ1v) is 7.60. The molecule has 4 nitrogen and oxygen atoms in total. The molecule has 0 spiro atoms. The zero-order valence-electron chi connectivity index (χ0n) is 12.4. The van der Waals surface area contributed by atoms with Crippen LogP contribution in [0.25, 0.3) is 11.0 Å². The molecule has 21 heavy (non-hydrogen) atoms. The summed E-state index contributed by atoms with van der Waals surface area (Å²) in [5, 5.41) is 0.851. The molecule has 0 N–H and O–H groups in total. The minimum absolute atomic E-state index is 0.365. The maximum atomic E-state index is 11.6. The molecule has 1 aromatic carbocycles. The molecule has 2 heterocycles. The highest BCUT2D eigenvalue weighted by molar-refractivity contribution is 5.82. The molecular weight excluding hydrogens is 266 g/mol. The number of hydrogen-bond acceptors (Lipinski definition) is 4. The highest BCUT2D eigenvalue weighted by Crippen LogP contribution is 2.23. The van der Waals surface area contributed by atoms with E-state index in [-0.39, 0.29) is 5.63 Å². The number of benzene rings is 1. The minimum Gasteiger partial charge on any atom is -0.491 e. The lowest BCUT2D eigenvalue weighted by molar-refractivity contribution is 0.154. The van der Waals surface area contributed by atoms with Crippen molar-refractivity contribution in [2.45, 2.75) is 19.8 Å². The van der Waals surface area contributed by atoms with E-state index >= 15 is 0 Å². The van der Waals surface area contributed by atoms with Crippen LogP contribution < -0.4 is 10.4 Å². The van der Waals surface area contributed by atoms with Gasteiger partial charge in [0.05, 0.1) is 11.5 Å². The molecule has 3 rings (SSSR count). The number of para-hydroxylation sites is 1. The number of rotatable bonds is 4. The van der Waals surface area contributed by atoms with Gasteiger partial charge in [0.2, 0.25) is 0 Å². The molecule has 0 aliphatic carbocycles. The van der Waals surface area contributed by atoms with Crippen molar-refractivity contribution in [3.8, 4) is 5.75 Å². The molecule has 0 amide bonds. The smallest absolute Gasteiger partial charge is 0.339 e. The number of likely N-dealkylation sites (tertiary alicyclic amines) is 1. The van der Waals surface area contributed by atoms with E-state index in [0.29, 0.717) is 17.9 Å². The summed E-state index contributed by atoms with van der Waals surface area (Å²) in [5.41, 5.74) is 0.210. The Hall–Kier alpha value is -1.81. The Kier molecular flexibility index (Phi) is 4.25. The lowest BCUT2D eigenvalue weighted by Crippen LogP contribution is -2.37. The molecule has 0 saturated carbocycles. The fourth-order valence-electron chi connectivity index (χ4n) is 2.98. The van der Waals surface area contributed by atoms with Crippen molar-refractivity contribution in [2.24, 2.45) is 5.92 Å². The van der Waals surface area contributed by atoms with E-state index in [1.165, 1.54) is 18.9 Å².